The molecule has 0 atom stereocenters. The Morgan fingerprint density at radius 3 is 1.29 bits per heavy atom. The summed E-state index contributed by atoms with van der Waals surface area (Å²) in [7, 11) is 0. The molecule has 2 aliphatic heterocycles. The molecule has 0 bridgehead atoms. The molecule has 0 radical (unpaired) electrons. The first kappa shape index (κ1) is 17.7. The molecule has 2 saturated heterocycles. The molecule has 1 aromatic carbocycles. The van der Waals surface area contributed by atoms with Gasteiger partial charge in [-0.25, -0.2) is 9.59 Å². The van der Waals surface area contributed by atoms with Crippen LogP contribution in [-0.2, 0) is 8.37 Å². The molecule has 2 aliphatic rings. The lowest BCUT2D eigenvalue weighted by Gasteiger charge is -2.25. The highest BCUT2D eigenvalue weighted by molar-refractivity contribution is 8.13. The zero-order valence-electron chi connectivity index (χ0n) is 13.9. The van der Waals surface area contributed by atoms with Gasteiger partial charge in [-0.2, -0.15) is 0 Å². The molecule has 2 fully saturated rings. The van der Waals surface area contributed by atoms with Gasteiger partial charge in [-0.15, -0.1) is 22.4 Å². The second-order valence-electron chi connectivity index (χ2n) is 6.31. The lowest BCUT2D eigenvalue weighted by Crippen LogP contribution is -2.12. The summed E-state index contributed by atoms with van der Waals surface area (Å²) < 4.78 is 11.2. The van der Waals surface area contributed by atoms with Gasteiger partial charge in [0.1, 0.15) is 0 Å². The normalized spacial score (nSPS) is 21.2. The van der Waals surface area contributed by atoms with Crippen molar-refractivity contribution in [1.29, 1.82) is 0 Å². The van der Waals surface area contributed by atoms with Gasteiger partial charge < -0.3 is 8.37 Å². The predicted octanol–water partition coefficient (Wildman–Crippen LogP) is 4.20. The summed E-state index contributed by atoms with van der Waals surface area (Å²) in [6.07, 6.45) is 7.13. The second kappa shape index (κ2) is 8.81. The third kappa shape index (κ3) is 4.93. The van der Waals surface area contributed by atoms with E-state index in [2.05, 4.69) is 0 Å². The Hall–Kier alpha value is -1.14. The van der Waals surface area contributed by atoms with E-state index in [0.717, 1.165) is 48.7 Å². The van der Waals surface area contributed by atoms with Crippen LogP contribution in [0.4, 0.5) is 0 Å². The molecule has 1 aromatic rings. The largest absolute Gasteiger partial charge is 0.415 e. The molecule has 0 aromatic heterocycles. The standard InChI is InChI=1S/C18H26O4S2/c19-17(21-23-11-3-1-4-12-23)15-7-9-16(10-8-15)18(20)22-24-13-5-2-6-14-24/h7-10,23-24H,1-6,11-14H2. The number of thiol groups is 2. The monoisotopic (exact) mass is 370 g/mol. The van der Waals surface area contributed by atoms with Gasteiger partial charge in [-0.05, 0) is 49.9 Å². The van der Waals surface area contributed by atoms with Gasteiger partial charge in [0.05, 0.1) is 11.1 Å². The molecular formula is C18H26O4S2. The number of hydrogen-bond donors (Lipinski definition) is 2. The van der Waals surface area contributed by atoms with Crippen molar-refractivity contribution in [2.45, 2.75) is 38.5 Å². The Morgan fingerprint density at radius 1 is 0.625 bits per heavy atom. The highest BCUT2D eigenvalue weighted by Gasteiger charge is 2.18. The van der Waals surface area contributed by atoms with Crippen molar-refractivity contribution in [1.82, 2.24) is 0 Å². The molecule has 3 rings (SSSR count). The molecule has 0 saturated carbocycles. The Kier molecular flexibility index (Phi) is 6.49. The molecule has 0 N–H and O–H groups in total. The smallest absolute Gasteiger partial charge is 0.348 e. The van der Waals surface area contributed by atoms with E-state index in [1.807, 2.05) is 0 Å². The van der Waals surface area contributed by atoms with Gasteiger partial charge >= 0.3 is 11.9 Å². The van der Waals surface area contributed by atoms with Crippen LogP contribution in [0.2, 0.25) is 0 Å². The molecule has 4 nitrogen and oxygen atoms in total. The van der Waals surface area contributed by atoms with Crippen LogP contribution in [0.1, 0.15) is 59.2 Å². The van der Waals surface area contributed by atoms with Gasteiger partial charge in [-0.3, -0.25) is 0 Å². The zero-order valence-corrected chi connectivity index (χ0v) is 15.7. The molecule has 0 amide bonds. The van der Waals surface area contributed by atoms with Gasteiger partial charge in [0.2, 0.25) is 0 Å². The summed E-state index contributed by atoms with van der Waals surface area (Å²) in [5.74, 6) is 3.56. The fourth-order valence-corrected chi connectivity index (χ4v) is 6.79. The van der Waals surface area contributed by atoms with Crippen molar-refractivity contribution >= 4 is 34.3 Å². The van der Waals surface area contributed by atoms with Gasteiger partial charge in [0, 0.05) is 23.0 Å². The quantitative estimate of drug-likeness (QED) is 0.780. The summed E-state index contributed by atoms with van der Waals surface area (Å²) in [5.41, 5.74) is 1.03. The first-order valence-electron chi connectivity index (χ1n) is 8.77. The Morgan fingerprint density at radius 2 is 0.958 bits per heavy atom. The van der Waals surface area contributed by atoms with Crippen molar-refractivity contribution in [2.24, 2.45) is 0 Å². The average Bonchev–Trinajstić information content (AvgIpc) is 2.63. The number of carbonyl (C=O) groups is 2. The number of hydrogen-bond acceptors (Lipinski definition) is 4. The van der Waals surface area contributed by atoms with E-state index < -0.39 is 22.4 Å². The highest BCUT2D eigenvalue weighted by Crippen LogP contribution is 2.36. The van der Waals surface area contributed by atoms with E-state index in [-0.39, 0.29) is 11.9 Å². The average molecular weight is 371 g/mol. The van der Waals surface area contributed by atoms with Crippen LogP contribution < -0.4 is 0 Å². The van der Waals surface area contributed by atoms with Crippen LogP contribution in [0.3, 0.4) is 0 Å². The number of carbonyl (C=O) groups excluding carboxylic acids is 2. The molecule has 2 heterocycles. The van der Waals surface area contributed by atoms with Gasteiger partial charge in [0.15, 0.2) is 0 Å². The molecular weight excluding hydrogens is 344 g/mol. The molecule has 0 unspecified atom stereocenters. The van der Waals surface area contributed by atoms with Crippen molar-refractivity contribution < 1.29 is 18.0 Å². The van der Waals surface area contributed by atoms with E-state index >= 15 is 0 Å². The van der Waals surface area contributed by atoms with Gasteiger partial charge in [-0.1, -0.05) is 12.8 Å². The minimum Gasteiger partial charge on any atom is -0.415 e. The van der Waals surface area contributed by atoms with Crippen LogP contribution in [0, 0.1) is 0 Å². The molecule has 0 spiro atoms. The van der Waals surface area contributed by atoms with E-state index in [9.17, 15) is 9.59 Å². The van der Waals surface area contributed by atoms with Crippen LogP contribution >= 0.6 is 22.4 Å². The second-order valence-corrected chi connectivity index (χ2v) is 10.4. The Bertz CT molecular complexity index is 510. The van der Waals surface area contributed by atoms with Crippen molar-refractivity contribution in [3.05, 3.63) is 35.4 Å². The summed E-state index contributed by atoms with van der Waals surface area (Å²) in [4.78, 5) is 24.4. The molecule has 0 aliphatic carbocycles. The van der Waals surface area contributed by atoms with Crippen molar-refractivity contribution in [3.8, 4) is 0 Å². The fourth-order valence-electron chi connectivity index (χ4n) is 2.99. The molecule has 6 heteroatoms. The third-order valence-corrected chi connectivity index (χ3v) is 8.52. The summed E-state index contributed by atoms with van der Waals surface area (Å²) in [6.45, 7) is 0. The van der Waals surface area contributed by atoms with E-state index in [4.69, 9.17) is 8.37 Å². The first-order chi connectivity index (χ1) is 11.7. The molecule has 24 heavy (non-hydrogen) atoms. The maximum absolute atomic E-state index is 12.2. The predicted molar refractivity (Wildman–Crippen MR) is 102 cm³/mol. The van der Waals surface area contributed by atoms with Crippen LogP contribution in [-0.4, -0.2) is 35.0 Å². The maximum Gasteiger partial charge on any atom is 0.348 e. The van der Waals surface area contributed by atoms with Crippen molar-refractivity contribution in [3.63, 3.8) is 0 Å². The Labute approximate surface area is 149 Å². The summed E-state index contributed by atoms with van der Waals surface area (Å²) in [6, 6.07) is 6.69. The van der Waals surface area contributed by atoms with Crippen LogP contribution in [0.5, 0.6) is 0 Å². The zero-order chi connectivity index (χ0) is 16.8. The van der Waals surface area contributed by atoms with E-state index in [1.54, 1.807) is 24.3 Å². The third-order valence-electron chi connectivity index (χ3n) is 4.41. The van der Waals surface area contributed by atoms with E-state index in [1.165, 1.54) is 12.8 Å². The van der Waals surface area contributed by atoms with Crippen molar-refractivity contribution in [2.75, 3.05) is 23.0 Å². The molecule has 134 valence electrons. The van der Waals surface area contributed by atoms with Crippen LogP contribution in [0.25, 0.3) is 0 Å². The minimum atomic E-state index is -0.605. The number of benzene rings is 1. The lowest BCUT2D eigenvalue weighted by molar-refractivity contribution is 0.0748. The highest BCUT2D eigenvalue weighted by atomic mass is 32.2. The van der Waals surface area contributed by atoms with Gasteiger partial charge in [0.25, 0.3) is 0 Å². The SMILES string of the molecule is O=C(O[SH]1CCCCC1)c1ccc(C(=O)O[SH]2CCCCC2)cc1. The number of rotatable bonds is 4. The lowest BCUT2D eigenvalue weighted by atomic mass is 10.1. The fraction of sp³-hybridized carbons (Fsp3) is 0.556. The first-order valence-corrected chi connectivity index (χ1v) is 12.0. The summed E-state index contributed by atoms with van der Waals surface area (Å²) in [5, 5.41) is 0. The van der Waals surface area contributed by atoms with Crippen LogP contribution in [0.15, 0.2) is 24.3 Å². The maximum atomic E-state index is 12.2. The Balaban J connectivity index is 1.53. The minimum absolute atomic E-state index is 0.264. The summed E-state index contributed by atoms with van der Waals surface area (Å²) >= 11 is -1.21. The topological polar surface area (TPSA) is 52.6 Å². The van der Waals surface area contributed by atoms with E-state index in [0.29, 0.717) is 11.1 Å².